The predicted molar refractivity (Wildman–Crippen MR) is 57.9 cm³/mol. The van der Waals surface area contributed by atoms with Gasteiger partial charge in [-0.3, -0.25) is 4.79 Å². The summed E-state index contributed by atoms with van der Waals surface area (Å²) in [5.41, 5.74) is 2.11. The molecule has 1 aliphatic rings. The van der Waals surface area contributed by atoms with Crippen LogP contribution in [0.1, 0.15) is 15.9 Å². The fourth-order valence-corrected chi connectivity index (χ4v) is 1.86. The number of benzene rings is 1. The number of aromatic hydroxyl groups is 1. The summed E-state index contributed by atoms with van der Waals surface area (Å²) >= 11 is 0. The first-order chi connectivity index (χ1) is 7.09. The number of hydrogen-bond donors (Lipinski definition) is 1. The quantitative estimate of drug-likeness (QED) is 0.704. The molecule has 15 heavy (non-hydrogen) atoms. The molecule has 0 heterocycles. The summed E-state index contributed by atoms with van der Waals surface area (Å²) in [5.74, 6) is 0.0245. The van der Waals surface area contributed by atoms with Gasteiger partial charge in [-0.05, 0) is 11.6 Å². The van der Waals surface area contributed by atoms with Gasteiger partial charge in [-0.25, -0.2) is 0 Å². The van der Waals surface area contributed by atoms with Gasteiger partial charge >= 0.3 is 0 Å². The van der Waals surface area contributed by atoms with Crippen LogP contribution in [-0.2, 0) is 6.42 Å². The third-order valence-corrected chi connectivity index (χ3v) is 2.44. The summed E-state index contributed by atoms with van der Waals surface area (Å²) in [6, 6.07) is 5.19. The van der Waals surface area contributed by atoms with E-state index >= 15 is 0 Å². The monoisotopic (exact) mass is 203 g/mol. The van der Waals surface area contributed by atoms with E-state index in [9.17, 15) is 9.90 Å². The minimum absolute atomic E-state index is 0.0585. The molecular formula is C12H13NO2. The zero-order valence-corrected chi connectivity index (χ0v) is 8.82. The minimum atomic E-state index is -0.0585. The van der Waals surface area contributed by atoms with Crippen LogP contribution in [0.3, 0.4) is 0 Å². The second-order valence-corrected chi connectivity index (χ2v) is 3.94. The lowest BCUT2D eigenvalue weighted by atomic mass is 10.1. The summed E-state index contributed by atoms with van der Waals surface area (Å²) in [7, 11) is 3.76. The van der Waals surface area contributed by atoms with Crippen molar-refractivity contribution in [1.29, 1.82) is 0 Å². The lowest BCUT2D eigenvalue weighted by molar-refractivity contribution is 0.103. The number of rotatable bonds is 1. The fraction of sp³-hybridized carbons (Fsp3) is 0.250. The summed E-state index contributed by atoms with van der Waals surface area (Å²) in [5, 5.41) is 9.59. The lowest BCUT2D eigenvalue weighted by Gasteiger charge is -2.05. The molecule has 0 aliphatic heterocycles. The Morgan fingerprint density at radius 1 is 1.40 bits per heavy atom. The summed E-state index contributed by atoms with van der Waals surface area (Å²) in [4.78, 5) is 13.7. The fourth-order valence-electron chi connectivity index (χ4n) is 1.86. The maximum Gasteiger partial charge on any atom is 0.194 e. The van der Waals surface area contributed by atoms with Crippen molar-refractivity contribution in [2.75, 3.05) is 14.1 Å². The Morgan fingerprint density at radius 3 is 2.73 bits per heavy atom. The highest BCUT2D eigenvalue weighted by molar-refractivity contribution is 6.14. The standard InChI is InChI=1S/C12H13NO2/c1-13(2)7-9-6-8-4-3-5-10(14)11(8)12(9)15/h3-5,7,14H,6H2,1-2H3/b9-7-. The Morgan fingerprint density at radius 2 is 2.13 bits per heavy atom. The van der Waals surface area contributed by atoms with Crippen molar-refractivity contribution < 1.29 is 9.90 Å². The number of nitrogens with zero attached hydrogens (tertiary/aromatic N) is 1. The molecular weight excluding hydrogens is 190 g/mol. The van der Waals surface area contributed by atoms with Crippen molar-refractivity contribution in [1.82, 2.24) is 4.90 Å². The molecule has 1 aliphatic carbocycles. The first-order valence-electron chi connectivity index (χ1n) is 4.82. The van der Waals surface area contributed by atoms with E-state index < -0.39 is 0 Å². The van der Waals surface area contributed by atoms with Crippen molar-refractivity contribution in [3.05, 3.63) is 41.1 Å². The Kier molecular flexibility index (Phi) is 2.23. The molecule has 1 aromatic rings. The Hall–Kier alpha value is -1.77. The molecule has 1 N–H and O–H groups in total. The highest BCUT2D eigenvalue weighted by atomic mass is 16.3. The number of carbonyl (C=O) groups excluding carboxylic acids is 1. The van der Waals surface area contributed by atoms with Gasteiger partial charge in [0.15, 0.2) is 5.78 Å². The number of allylic oxidation sites excluding steroid dienone is 1. The number of phenolic OH excluding ortho intramolecular Hbond substituents is 1. The predicted octanol–water partition coefficient (Wildman–Crippen LogP) is 1.58. The van der Waals surface area contributed by atoms with Gasteiger partial charge in [-0.2, -0.15) is 0 Å². The zero-order chi connectivity index (χ0) is 11.0. The Bertz CT molecular complexity index is 447. The van der Waals surface area contributed by atoms with Crippen LogP contribution in [0.2, 0.25) is 0 Å². The van der Waals surface area contributed by atoms with Gasteiger partial charge in [0.05, 0.1) is 5.56 Å². The lowest BCUT2D eigenvalue weighted by Crippen LogP contribution is -2.06. The van der Waals surface area contributed by atoms with E-state index in [1.165, 1.54) is 0 Å². The Balaban J connectivity index is 2.47. The van der Waals surface area contributed by atoms with Crippen LogP contribution in [0.25, 0.3) is 0 Å². The topological polar surface area (TPSA) is 40.5 Å². The molecule has 0 fully saturated rings. The van der Waals surface area contributed by atoms with Crippen LogP contribution in [-0.4, -0.2) is 29.9 Å². The first kappa shape index (κ1) is 9.77. The molecule has 0 atom stereocenters. The van der Waals surface area contributed by atoms with Crippen LogP contribution in [0, 0.1) is 0 Å². The molecule has 0 saturated heterocycles. The van der Waals surface area contributed by atoms with Crippen molar-refractivity contribution >= 4 is 5.78 Å². The molecule has 0 amide bonds. The van der Waals surface area contributed by atoms with Crippen molar-refractivity contribution in [2.24, 2.45) is 0 Å². The summed E-state index contributed by atoms with van der Waals surface area (Å²) in [6.45, 7) is 0. The molecule has 0 bridgehead atoms. The number of ketones is 1. The molecule has 3 nitrogen and oxygen atoms in total. The molecule has 0 aromatic heterocycles. The molecule has 0 unspecified atom stereocenters. The molecule has 2 rings (SSSR count). The van der Waals surface area contributed by atoms with Crippen LogP contribution < -0.4 is 0 Å². The second-order valence-electron chi connectivity index (χ2n) is 3.94. The third kappa shape index (κ3) is 1.61. The van der Waals surface area contributed by atoms with Crippen LogP contribution in [0.4, 0.5) is 0 Å². The molecule has 0 saturated carbocycles. The van der Waals surface area contributed by atoms with Crippen molar-refractivity contribution in [3.8, 4) is 5.75 Å². The van der Waals surface area contributed by atoms with E-state index in [4.69, 9.17) is 0 Å². The van der Waals surface area contributed by atoms with Gasteiger partial charge in [0.2, 0.25) is 0 Å². The van der Waals surface area contributed by atoms with Crippen LogP contribution in [0.5, 0.6) is 5.75 Å². The van der Waals surface area contributed by atoms with Gasteiger partial charge in [0.1, 0.15) is 5.75 Å². The normalized spacial score (nSPS) is 16.9. The Labute approximate surface area is 88.6 Å². The van der Waals surface area contributed by atoms with Crippen molar-refractivity contribution in [2.45, 2.75) is 6.42 Å². The largest absolute Gasteiger partial charge is 0.507 e. The summed E-state index contributed by atoms with van der Waals surface area (Å²) < 4.78 is 0. The van der Waals surface area contributed by atoms with E-state index in [2.05, 4.69) is 0 Å². The van der Waals surface area contributed by atoms with E-state index in [1.807, 2.05) is 31.3 Å². The maximum atomic E-state index is 11.9. The number of fused-ring (bicyclic) bond motifs is 1. The van der Waals surface area contributed by atoms with E-state index in [0.717, 1.165) is 11.1 Å². The van der Waals surface area contributed by atoms with Gasteiger partial charge in [-0.15, -0.1) is 0 Å². The molecule has 78 valence electrons. The average molecular weight is 203 g/mol. The van der Waals surface area contributed by atoms with Gasteiger partial charge in [0.25, 0.3) is 0 Å². The summed E-state index contributed by atoms with van der Waals surface area (Å²) in [6.07, 6.45) is 2.42. The van der Waals surface area contributed by atoms with Crippen LogP contribution >= 0.6 is 0 Å². The average Bonchev–Trinajstić information content (AvgIpc) is 2.44. The van der Waals surface area contributed by atoms with Crippen molar-refractivity contribution in [3.63, 3.8) is 0 Å². The molecule has 1 aromatic carbocycles. The maximum absolute atomic E-state index is 11.9. The van der Waals surface area contributed by atoms with E-state index in [0.29, 0.717) is 12.0 Å². The van der Waals surface area contributed by atoms with Gasteiger partial charge in [-0.1, -0.05) is 12.1 Å². The SMILES string of the molecule is CN(C)/C=C1/Cc2cccc(O)c2C1=O. The number of carbonyl (C=O) groups is 1. The zero-order valence-electron chi connectivity index (χ0n) is 8.82. The molecule has 0 radical (unpaired) electrons. The number of phenols is 1. The van der Waals surface area contributed by atoms with Crippen LogP contribution in [0.15, 0.2) is 30.0 Å². The third-order valence-electron chi connectivity index (χ3n) is 2.44. The molecule has 0 spiro atoms. The number of Topliss-reactive ketones (excluding diaryl/α,β-unsaturated/α-hetero) is 1. The second kappa shape index (κ2) is 3.42. The van der Waals surface area contributed by atoms with Gasteiger partial charge < -0.3 is 10.0 Å². The van der Waals surface area contributed by atoms with Gasteiger partial charge in [0, 0.05) is 32.3 Å². The highest BCUT2D eigenvalue weighted by Crippen LogP contribution is 2.32. The minimum Gasteiger partial charge on any atom is -0.507 e. The van der Waals surface area contributed by atoms with E-state index in [-0.39, 0.29) is 11.5 Å². The van der Waals surface area contributed by atoms with E-state index in [1.54, 1.807) is 12.1 Å². The molecule has 3 heteroatoms. The highest BCUT2D eigenvalue weighted by Gasteiger charge is 2.27. The first-order valence-corrected chi connectivity index (χ1v) is 4.82. The smallest absolute Gasteiger partial charge is 0.194 e. The number of hydrogen-bond acceptors (Lipinski definition) is 3.